The lowest BCUT2D eigenvalue weighted by molar-refractivity contribution is -0.136. The van der Waals surface area contributed by atoms with Crippen LogP contribution in [0.2, 0.25) is 0 Å². The zero-order valence-electron chi connectivity index (χ0n) is 10.6. The Kier molecular flexibility index (Phi) is 4.52. The molecule has 5 heteroatoms. The molecule has 0 unspecified atom stereocenters. The Morgan fingerprint density at radius 1 is 1.42 bits per heavy atom. The molecule has 0 radical (unpaired) electrons. The number of para-hydroxylation sites is 1. The molecule has 0 aliphatic rings. The summed E-state index contributed by atoms with van der Waals surface area (Å²) in [6.45, 7) is 2.55. The van der Waals surface area contributed by atoms with E-state index in [1.54, 1.807) is 6.20 Å². The third-order valence-corrected chi connectivity index (χ3v) is 3.65. The third-order valence-electron chi connectivity index (χ3n) is 2.59. The molecular weight excluding hydrogens is 262 g/mol. The molecule has 1 aromatic carbocycles. The van der Waals surface area contributed by atoms with Gasteiger partial charge in [-0.1, -0.05) is 18.2 Å². The van der Waals surface area contributed by atoms with Crippen molar-refractivity contribution in [2.24, 2.45) is 0 Å². The summed E-state index contributed by atoms with van der Waals surface area (Å²) in [6, 6.07) is 7.86. The highest BCUT2D eigenvalue weighted by molar-refractivity contribution is 7.11. The van der Waals surface area contributed by atoms with Gasteiger partial charge in [-0.15, -0.1) is 11.3 Å². The lowest BCUT2D eigenvalue weighted by Gasteiger charge is -2.07. The second-order valence-electron chi connectivity index (χ2n) is 4.15. The van der Waals surface area contributed by atoms with Crippen molar-refractivity contribution in [1.29, 1.82) is 0 Å². The molecule has 1 N–H and O–H groups in total. The van der Waals surface area contributed by atoms with Crippen molar-refractivity contribution in [3.63, 3.8) is 0 Å². The summed E-state index contributed by atoms with van der Waals surface area (Å²) in [5, 5.41) is 9.59. The maximum atomic E-state index is 10.6. The summed E-state index contributed by atoms with van der Waals surface area (Å²) in [4.78, 5) is 15.5. The maximum absolute atomic E-state index is 10.6. The largest absolute Gasteiger partial charge is 0.493 e. The van der Waals surface area contributed by atoms with E-state index in [4.69, 9.17) is 9.84 Å². The maximum Gasteiger partial charge on any atom is 0.308 e. The molecule has 0 amide bonds. The smallest absolute Gasteiger partial charge is 0.308 e. The summed E-state index contributed by atoms with van der Waals surface area (Å²) >= 11 is 1.43. The van der Waals surface area contributed by atoms with Gasteiger partial charge in [0.15, 0.2) is 0 Å². The predicted octanol–water partition coefficient (Wildman–Crippen LogP) is 2.70. The third kappa shape index (κ3) is 4.06. The van der Waals surface area contributed by atoms with E-state index in [0.29, 0.717) is 13.0 Å². The normalized spacial score (nSPS) is 10.4. The molecule has 1 heterocycles. The van der Waals surface area contributed by atoms with Crippen molar-refractivity contribution in [2.75, 3.05) is 6.61 Å². The molecule has 0 saturated carbocycles. The number of rotatable bonds is 6. The van der Waals surface area contributed by atoms with Crippen molar-refractivity contribution >= 4 is 17.3 Å². The van der Waals surface area contributed by atoms with E-state index in [9.17, 15) is 4.79 Å². The number of hydrogen-bond donors (Lipinski definition) is 1. The van der Waals surface area contributed by atoms with Crippen molar-refractivity contribution in [3.8, 4) is 5.75 Å². The van der Waals surface area contributed by atoms with E-state index in [1.807, 2.05) is 31.2 Å². The average Bonchev–Trinajstić information content (AvgIpc) is 2.78. The molecule has 0 atom stereocenters. The van der Waals surface area contributed by atoms with Crippen LogP contribution in [-0.2, 0) is 17.6 Å². The van der Waals surface area contributed by atoms with Crippen LogP contribution in [0.5, 0.6) is 5.75 Å². The standard InChI is InChI=1S/C14H15NO3S/c1-10-4-2-3-5-12(10)18-7-6-13-15-9-11(19-13)8-14(16)17/h2-5,9H,6-8H2,1H3,(H,16,17). The Morgan fingerprint density at radius 2 is 2.21 bits per heavy atom. The highest BCUT2D eigenvalue weighted by atomic mass is 32.1. The van der Waals surface area contributed by atoms with Gasteiger partial charge in [-0.05, 0) is 18.6 Å². The number of aliphatic carboxylic acids is 1. The minimum Gasteiger partial charge on any atom is -0.493 e. The van der Waals surface area contributed by atoms with Crippen LogP contribution in [0.25, 0.3) is 0 Å². The fourth-order valence-corrected chi connectivity index (χ4v) is 2.56. The van der Waals surface area contributed by atoms with Crippen LogP contribution in [0.1, 0.15) is 15.4 Å². The Balaban J connectivity index is 1.84. The summed E-state index contributed by atoms with van der Waals surface area (Å²) in [6.07, 6.45) is 2.36. The SMILES string of the molecule is Cc1ccccc1OCCc1ncc(CC(=O)O)s1. The fourth-order valence-electron chi connectivity index (χ4n) is 1.66. The Hall–Kier alpha value is -1.88. The van der Waals surface area contributed by atoms with Gasteiger partial charge in [0.1, 0.15) is 5.75 Å². The van der Waals surface area contributed by atoms with Crippen molar-refractivity contribution < 1.29 is 14.6 Å². The first-order chi connectivity index (χ1) is 9.15. The molecule has 100 valence electrons. The number of carboxylic acids is 1. The van der Waals surface area contributed by atoms with Crippen molar-refractivity contribution in [2.45, 2.75) is 19.8 Å². The molecule has 0 bridgehead atoms. The van der Waals surface area contributed by atoms with E-state index < -0.39 is 5.97 Å². The van der Waals surface area contributed by atoms with Crippen LogP contribution in [0.3, 0.4) is 0 Å². The van der Waals surface area contributed by atoms with Gasteiger partial charge in [-0.25, -0.2) is 4.98 Å². The van der Waals surface area contributed by atoms with Crippen molar-refractivity contribution in [3.05, 3.63) is 45.9 Å². The number of hydrogen-bond acceptors (Lipinski definition) is 4. The lowest BCUT2D eigenvalue weighted by Crippen LogP contribution is -2.01. The van der Waals surface area contributed by atoms with Gasteiger partial charge in [-0.3, -0.25) is 4.79 Å². The average molecular weight is 277 g/mol. The number of thiazole rings is 1. The number of aromatic nitrogens is 1. The molecule has 1 aromatic heterocycles. The lowest BCUT2D eigenvalue weighted by atomic mass is 10.2. The number of carbonyl (C=O) groups is 1. The molecule has 0 spiro atoms. The molecule has 19 heavy (non-hydrogen) atoms. The summed E-state index contributed by atoms with van der Waals surface area (Å²) in [5.41, 5.74) is 1.10. The van der Waals surface area contributed by atoms with E-state index >= 15 is 0 Å². The van der Waals surface area contributed by atoms with Crippen molar-refractivity contribution in [1.82, 2.24) is 4.98 Å². The van der Waals surface area contributed by atoms with Crippen LogP contribution in [0.15, 0.2) is 30.5 Å². The number of aryl methyl sites for hydroxylation is 1. The second-order valence-corrected chi connectivity index (χ2v) is 5.35. The highest BCUT2D eigenvalue weighted by Crippen LogP contribution is 2.18. The molecule has 0 fully saturated rings. The van der Waals surface area contributed by atoms with Crippen LogP contribution < -0.4 is 4.74 Å². The Bertz CT molecular complexity index is 565. The number of benzene rings is 1. The number of ether oxygens (including phenoxy) is 1. The van der Waals surface area contributed by atoms with Crippen LogP contribution in [0.4, 0.5) is 0 Å². The van der Waals surface area contributed by atoms with E-state index in [2.05, 4.69) is 4.98 Å². The van der Waals surface area contributed by atoms with Crippen LogP contribution >= 0.6 is 11.3 Å². The van der Waals surface area contributed by atoms with Gasteiger partial charge >= 0.3 is 5.97 Å². The minimum absolute atomic E-state index is 0.0380. The Morgan fingerprint density at radius 3 is 2.95 bits per heavy atom. The van der Waals surface area contributed by atoms with E-state index in [1.165, 1.54) is 11.3 Å². The van der Waals surface area contributed by atoms with Gasteiger partial charge < -0.3 is 9.84 Å². The van der Waals surface area contributed by atoms with Gasteiger partial charge in [0.05, 0.1) is 18.0 Å². The highest BCUT2D eigenvalue weighted by Gasteiger charge is 2.06. The van der Waals surface area contributed by atoms with Crippen LogP contribution in [0, 0.1) is 6.92 Å². The Labute approximate surface area is 115 Å². The first-order valence-electron chi connectivity index (χ1n) is 5.99. The molecule has 0 saturated heterocycles. The second kappa shape index (κ2) is 6.33. The number of carboxylic acid groups (broad SMARTS) is 1. The van der Waals surface area contributed by atoms with E-state index in [0.717, 1.165) is 21.2 Å². The molecular formula is C14H15NO3S. The monoisotopic (exact) mass is 277 g/mol. The molecule has 0 aliphatic carbocycles. The van der Waals surface area contributed by atoms with Crippen LogP contribution in [-0.4, -0.2) is 22.7 Å². The first-order valence-corrected chi connectivity index (χ1v) is 6.80. The quantitative estimate of drug-likeness (QED) is 0.882. The summed E-state index contributed by atoms with van der Waals surface area (Å²) in [7, 11) is 0. The number of nitrogens with zero attached hydrogens (tertiary/aromatic N) is 1. The topological polar surface area (TPSA) is 59.4 Å². The van der Waals surface area contributed by atoms with Gasteiger partial charge in [0.25, 0.3) is 0 Å². The van der Waals surface area contributed by atoms with Gasteiger partial charge in [0.2, 0.25) is 0 Å². The zero-order chi connectivity index (χ0) is 13.7. The predicted molar refractivity (Wildman–Crippen MR) is 73.8 cm³/mol. The molecule has 2 rings (SSSR count). The van der Waals surface area contributed by atoms with Gasteiger partial charge in [-0.2, -0.15) is 0 Å². The first kappa shape index (κ1) is 13.5. The molecule has 4 nitrogen and oxygen atoms in total. The molecule has 0 aliphatic heterocycles. The fraction of sp³-hybridized carbons (Fsp3) is 0.286. The summed E-state index contributed by atoms with van der Waals surface area (Å²) < 4.78 is 5.68. The van der Waals surface area contributed by atoms with Gasteiger partial charge in [0, 0.05) is 17.5 Å². The summed E-state index contributed by atoms with van der Waals surface area (Å²) in [5.74, 6) is 0.0520. The zero-order valence-corrected chi connectivity index (χ0v) is 11.4. The minimum atomic E-state index is -0.827. The van der Waals surface area contributed by atoms with E-state index in [-0.39, 0.29) is 6.42 Å². The molecule has 2 aromatic rings.